The molecule has 0 amide bonds. The highest BCUT2D eigenvalue weighted by Gasteiger charge is 2.22. The van der Waals surface area contributed by atoms with Crippen molar-refractivity contribution in [3.05, 3.63) is 35.5 Å². The Hall–Kier alpha value is -1.79. The van der Waals surface area contributed by atoms with E-state index < -0.39 is 0 Å². The van der Waals surface area contributed by atoms with Gasteiger partial charge in [0, 0.05) is 18.1 Å². The molecule has 2 aromatic heterocycles. The van der Waals surface area contributed by atoms with Crippen LogP contribution in [0.15, 0.2) is 29.8 Å². The molecule has 0 saturated heterocycles. The number of carbonyl (C=O) groups excluding carboxylic acids is 1. The molecular weight excluding hydrogens is 286 g/mol. The SMILES string of the molecule is COC(=O)[C@@H](NCc1csc(-c2ccccn2)n1)C(C)C. The number of hydrogen-bond acceptors (Lipinski definition) is 6. The molecule has 2 rings (SSSR count). The second-order valence-corrected chi connectivity index (χ2v) is 5.84. The zero-order valence-electron chi connectivity index (χ0n) is 12.4. The summed E-state index contributed by atoms with van der Waals surface area (Å²) >= 11 is 1.55. The molecule has 0 aliphatic rings. The lowest BCUT2D eigenvalue weighted by molar-refractivity contribution is -0.144. The molecule has 21 heavy (non-hydrogen) atoms. The molecule has 0 spiro atoms. The van der Waals surface area contributed by atoms with E-state index in [9.17, 15) is 4.79 Å². The normalized spacial score (nSPS) is 12.4. The van der Waals surface area contributed by atoms with Crippen molar-refractivity contribution in [1.82, 2.24) is 15.3 Å². The average molecular weight is 305 g/mol. The third-order valence-electron chi connectivity index (χ3n) is 3.06. The van der Waals surface area contributed by atoms with Crippen LogP contribution >= 0.6 is 11.3 Å². The number of ether oxygens (including phenoxy) is 1. The summed E-state index contributed by atoms with van der Waals surface area (Å²) in [6, 6.07) is 5.42. The topological polar surface area (TPSA) is 64.1 Å². The number of nitrogens with one attached hydrogen (secondary N) is 1. The third-order valence-corrected chi connectivity index (χ3v) is 3.97. The molecule has 1 atom stereocenters. The Bertz CT molecular complexity index is 584. The van der Waals surface area contributed by atoms with Crippen LogP contribution in [0.2, 0.25) is 0 Å². The van der Waals surface area contributed by atoms with Crippen molar-refractivity contribution in [3.8, 4) is 10.7 Å². The largest absolute Gasteiger partial charge is 0.468 e. The van der Waals surface area contributed by atoms with E-state index in [0.29, 0.717) is 6.54 Å². The zero-order chi connectivity index (χ0) is 15.2. The maximum Gasteiger partial charge on any atom is 0.323 e. The van der Waals surface area contributed by atoms with E-state index in [4.69, 9.17) is 4.74 Å². The number of rotatable bonds is 6. The standard InChI is InChI=1S/C15H19N3O2S/c1-10(2)13(15(19)20-3)17-8-11-9-21-14(18-11)12-6-4-5-7-16-12/h4-7,9-10,13,17H,8H2,1-3H3/t13-/m0/s1. The van der Waals surface area contributed by atoms with Crippen molar-refractivity contribution in [2.45, 2.75) is 26.4 Å². The van der Waals surface area contributed by atoms with Crippen molar-refractivity contribution < 1.29 is 9.53 Å². The van der Waals surface area contributed by atoms with Crippen molar-refractivity contribution in [2.24, 2.45) is 5.92 Å². The van der Waals surface area contributed by atoms with Crippen LogP contribution in [0, 0.1) is 5.92 Å². The summed E-state index contributed by atoms with van der Waals surface area (Å²) in [6.45, 7) is 4.49. The number of carbonyl (C=O) groups is 1. The van der Waals surface area contributed by atoms with Crippen LogP contribution in [-0.4, -0.2) is 29.1 Å². The van der Waals surface area contributed by atoms with Crippen molar-refractivity contribution in [1.29, 1.82) is 0 Å². The molecule has 2 aromatic rings. The van der Waals surface area contributed by atoms with Crippen molar-refractivity contribution in [3.63, 3.8) is 0 Å². The lowest BCUT2D eigenvalue weighted by atomic mass is 10.0. The number of methoxy groups -OCH3 is 1. The van der Waals surface area contributed by atoms with Crippen LogP contribution in [0.25, 0.3) is 10.7 Å². The average Bonchev–Trinajstić information content (AvgIpc) is 2.96. The van der Waals surface area contributed by atoms with E-state index >= 15 is 0 Å². The predicted octanol–water partition coefficient (Wildman–Crippen LogP) is 2.49. The third kappa shape index (κ3) is 4.09. The maximum atomic E-state index is 11.7. The molecule has 0 aromatic carbocycles. The van der Waals surface area contributed by atoms with Crippen molar-refractivity contribution in [2.75, 3.05) is 7.11 Å². The quantitative estimate of drug-likeness (QED) is 0.831. The van der Waals surface area contributed by atoms with Crippen LogP contribution < -0.4 is 5.32 Å². The Morgan fingerprint density at radius 3 is 2.86 bits per heavy atom. The monoisotopic (exact) mass is 305 g/mol. The van der Waals surface area contributed by atoms with Gasteiger partial charge in [0.15, 0.2) is 0 Å². The minimum Gasteiger partial charge on any atom is -0.468 e. The molecule has 0 aliphatic carbocycles. The van der Waals surface area contributed by atoms with E-state index in [2.05, 4.69) is 15.3 Å². The van der Waals surface area contributed by atoms with Crippen LogP contribution in [0.5, 0.6) is 0 Å². The fraction of sp³-hybridized carbons (Fsp3) is 0.400. The van der Waals surface area contributed by atoms with Gasteiger partial charge < -0.3 is 4.74 Å². The molecule has 6 heteroatoms. The van der Waals surface area contributed by atoms with E-state index in [1.165, 1.54) is 7.11 Å². The first-order chi connectivity index (χ1) is 10.1. The van der Waals surface area contributed by atoms with Gasteiger partial charge in [-0.15, -0.1) is 11.3 Å². The summed E-state index contributed by atoms with van der Waals surface area (Å²) in [4.78, 5) is 20.5. The predicted molar refractivity (Wildman–Crippen MR) is 82.8 cm³/mol. The van der Waals surface area contributed by atoms with E-state index in [-0.39, 0.29) is 17.9 Å². The molecule has 0 fully saturated rings. The first-order valence-electron chi connectivity index (χ1n) is 6.79. The Balaban J connectivity index is 2.01. The fourth-order valence-corrected chi connectivity index (χ4v) is 2.72. The zero-order valence-corrected chi connectivity index (χ0v) is 13.2. The van der Waals surface area contributed by atoms with Gasteiger partial charge in [-0.05, 0) is 18.1 Å². The molecule has 1 N–H and O–H groups in total. The molecular formula is C15H19N3O2S. The first-order valence-corrected chi connectivity index (χ1v) is 7.66. The van der Waals surface area contributed by atoms with Gasteiger partial charge in [0.05, 0.1) is 18.5 Å². The van der Waals surface area contributed by atoms with Gasteiger partial charge in [-0.3, -0.25) is 15.1 Å². The molecule has 0 radical (unpaired) electrons. The smallest absolute Gasteiger partial charge is 0.323 e. The Morgan fingerprint density at radius 2 is 2.24 bits per heavy atom. The van der Waals surface area contributed by atoms with E-state index in [0.717, 1.165) is 16.4 Å². The lowest BCUT2D eigenvalue weighted by Crippen LogP contribution is -2.41. The highest BCUT2D eigenvalue weighted by atomic mass is 32.1. The molecule has 0 aliphatic heterocycles. The molecule has 5 nitrogen and oxygen atoms in total. The fourth-order valence-electron chi connectivity index (χ4n) is 1.93. The molecule has 112 valence electrons. The second kappa shape index (κ2) is 7.28. The summed E-state index contributed by atoms with van der Waals surface area (Å²) in [6.07, 6.45) is 1.75. The van der Waals surface area contributed by atoms with Crippen LogP contribution in [0.3, 0.4) is 0 Å². The minimum atomic E-state index is -0.324. The van der Waals surface area contributed by atoms with Gasteiger partial charge in [0.1, 0.15) is 11.0 Å². The number of pyridine rings is 1. The first kappa shape index (κ1) is 15.6. The highest BCUT2D eigenvalue weighted by Crippen LogP contribution is 2.21. The van der Waals surface area contributed by atoms with Gasteiger partial charge in [-0.2, -0.15) is 0 Å². The molecule has 0 bridgehead atoms. The van der Waals surface area contributed by atoms with E-state index in [1.54, 1.807) is 17.5 Å². The van der Waals surface area contributed by atoms with Gasteiger partial charge in [0.2, 0.25) is 0 Å². The summed E-state index contributed by atoms with van der Waals surface area (Å²) < 4.78 is 4.81. The van der Waals surface area contributed by atoms with Crippen LogP contribution in [0.4, 0.5) is 0 Å². The number of nitrogens with zero attached hydrogens (tertiary/aromatic N) is 2. The number of thiazole rings is 1. The van der Waals surface area contributed by atoms with Crippen LogP contribution in [-0.2, 0) is 16.1 Å². The molecule has 0 saturated carbocycles. The summed E-state index contributed by atoms with van der Waals surface area (Å²) in [5.41, 5.74) is 1.76. The molecule has 2 heterocycles. The second-order valence-electron chi connectivity index (χ2n) is 4.98. The van der Waals surface area contributed by atoms with Crippen molar-refractivity contribution >= 4 is 17.3 Å². The number of aromatic nitrogens is 2. The highest BCUT2D eigenvalue weighted by molar-refractivity contribution is 7.13. The number of esters is 1. The van der Waals surface area contributed by atoms with Gasteiger partial charge >= 0.3 is 5.97 Å². The van der Waals surface area contributed by atoms with Gasteiger partial charge in [0.25, 0.3) is 0 Å². The minimum absolute atomic E-state index is 0.159. The van der Waals surface area contributed by atoms with Gasteiger partial charge in [-0.25, -0.2) is 4.98 Å². The summed E-state index contributed by atoms with van der Waals surface area (Å²) in [7, 11) is 1.40. The Labute approximate surface area is 128 Å². The summed E-state index contributed by atoms with van der Waals surface area (Å²) in [5, 5.41) is 6.06. The maximum absolute atomic E-state index is 11.7. The van der Waals surface area contributed by atoms with Crippen LogP contribution in [0.1, 0.15) is 19.5 Å². The Kier molecular flexibility index (Phi) is 5.41. The Morgan fingerprint density at radius 1 is 1.43 bits per heavy atom. The summed E-state index contributed by atoms with van der Waals surface area (Å²) in [5.74, 6) is -0.0866. The van der Waals surface area contributed by atoms with Gasteiger partial charge in [-0.1, -0.05) is 19.9 Å². The van der Waals surface area contributed by atoms with E-state index in [1.807, 2.05) is 37.4 Å². The lowest BCUT2D eigenvalue weighted by Gasteiger charge is -2.19. The molecule has 0 unspecified atom stereocenters. The number of hydrogen-bond donors (Lipinski definition) is 1.